The van der Waals surface area contributed by atoms with Crippen LogP contribution in [0.4, 0.5) is 10.7 Å². The molecule has 126 valence electrons. The molecule has 0 radical (unpaired) electrons. The van der Waals surface area contributed by atoms with Gasteiger partial charge in [-0.2, -0.15) is 0 Å². The van der Waals surface area contributed by atoms with Gasteiger partial charge < -0.3 is 15.4 Å². The number of ether oxygens (including phenoxy) is 1. The molecule has 0 amide bonds. The van der Waals surface area contributed by atoms with Gasteiger partial charge in [-0.05, 0) is 67.7 Å². The highest BCUT2D eigenvalue weighted by molar-refractivity contribution is 9.10. The number of hydrogen-bond donors (Lipinski definition) is 2. The van der Waals surface area contributed by atoms with Gasteiger partial charge in [-0.1, -0.05) is 15.9 Å². The molecule has 4 nitrogen and oxygen atoms in total. The van der Waals surface area contributed by atoms with Crippen LogP contribution < -0.4 is 10.6 Å². The molecule has 1 heterocycles. The average molecular weight is 425 g/mol. The lowest BCUT2D eigenvalue weighted by molar-refractivity contribution is 0.0601. The number of esters is 1. The summed E-state index contributed by atoms with van der Waals surface area (Å²) >= 11 is 10.5. The second-order valence-electron chi connectivity index (χ2n) is 5.59. The van der Waals surface area contributed by atoms with Crippen LogP contribution in [0.2, 0.25) is 0 Å². The van der Waals surface area contributed by atoms with E-state index < -0.39 is 0 Å². The molecular weight excluding hydrogens is 408 g/mol. The molecule has 2 N–H and O–H groups in total. The zero-order valence-corrected chi connectivity index (χ0v) is 16.6. The van der Waals surface area contributed by atoms with E-state index in [1.165, 1.54) is 12.0 Å². The number of aryl methyl sites for hydroxylation is 2. The number of thiophene rings is 1. The Balaban J connectivity index is 1.81. The molecule has 1 aliphatic rings. The monoisotopic (exact) mass is 424 g/mol. The smallest absolute Gasteiger partial charge is 0.341 e. The molecule has 0 atom stereocenters. The minimum absolute atomic E-state index is 0.306. The van der Waals surface area contributed by atoms with Crippen molar-refractivity contribution < 1.29 is 9.53 Å². The number of anilines is 2. The van der Waals surface area contributed by atoms with Gasteiger partial charge in [-0.15, -0.1) is 11.3 Å². The van der Waals surface area contributed by atoms with Crippen molar-refractivity contribution in [2.75, 3.05) is 17.7 Å². The van der Waals surface area contributed by atoms with Gasteiger partial charge in [0.15, 0.2) is 5.11 Å². The van der Waals surface area contributed by atoms with Crippen LogP contribution in [-0.4, -0.2) is 18.2 Å². The van der Waals surface area contributed by atoms with Gasteiger partial charge in [0.25, 0.3) is 0 Å². The maximum absolute atomic E-state index is 12.2. The largest absolute Gasteiger partial charge is 0.465 e. The normalized spacial score (nSPS) is 12.6. The van der Waals surface area contributed by atoms with Gasteiger partial charge in [0, 0.05) is 15.0 Å². The molecule has 0 spiro atoms. The lowest BCUT2D eigenvalue weighted by Gasteiger charge is -2.13. The average Bonchev–Trinajstić information content (AvgIpc) is 3.10. The fourth-order valence-electron chi connectivity index (χ4n) is 2.83. The van der Waals surface area contributed by atoms with Crippen molar-refractivity contribution in [2.45, 2.75) is 26.2 Å². The molecule has 0 aliphatic heterocycles. The highest BCUT2D eigenvalue weighted by Gasteiger charge is 2.27. The Labute approximate surface area is 158 Å². The first-order chi connectivity index (χ1) is 11.5. The van der Waals surface area contributed by atoms with Crippen LogP contribution in [0.5, 0.6) is 0 Å². The number of fused-ring (bicyclic) bond motifs is 1. The van der Waals surface area contributed by atoms with Crippen LogP contribution >= 0.6 is 39.5 Å². The quantitative estimate of drug-likeness (QED) is 0.541. The third-order valence-corrected chi connectivity index (χ3v) is 5.88. The van der Waals surface area contributed by atoms with Gasteiger partial charge >= 0.3 is 5.97 Å². The minimum Gasteiger partial charge on any atom is -0.465 e. The van der Waals surface area contributed by atoms with Crippen LogP contribution in [0.15, 0.2) is 22.7 Å². The molecular formula is C17H17BrN2O2S2. The molecule has 1 aromatic carbocycles. The van der Waals surface area contributed by atoms with E-state index >= 15 is 0 Å². The maximum atomic E-state index is 12.2. The van der Waals surface area contributed by atoms with Crippen LogP contribution in [0.3, 0.4) is 0 Å². The number of thiocarbonyl (C=S) groups is 1. The Kier molecular flexibility index (Phi) is 5.22. The number of carbonyl (C=O) groups is 1. The predicted octanol–water partition coefficient (Wildman–Crippen LogP) is 4.90. The Morgan fingerprint density at radius 3 is 2.83 bits per heavy atom. The van der Waals surface area contributed by atoms with Crippen LogP contribution in [0.1, 0.15) is 32.8 Å². The number of rotatable bonds is 3. The first-order valence-corrected chi connectivity index (χ1v) is 9.58. The maximum Gasteiger partial charge on any atom is 0.341 e. The summed E-state index contributed by atoms with van der Waals surface area (Å²) in [5.41, 5.74) is 3.75. The summed E-state index contributed by atoms with van der Waals surface area (Å²) in [5.74, 6) is -0.306. The van der Waals surface area contributed by atoms with Crippen molar-refractivity contribution in [2.24, 2.45) is 0 Å². The van der Waals surface area contributed by atoms with Crippen molar-refractivity contribution in [3.05, 3.63) is 44.2 Å². The molecule has 0 saturated heterocycles. The number of halogens is 1. The molecule has 1 aromatic heterocycles. The summed E-state index contributed by atoms with van der Waals surface area (Å²) in [7, 11) is 1.41. The van der Waals surface area contributed by atoms with E-state index in [1.54, 1.807) is 11.3 Å². The Hall–Kier alpha value is -1.44. The van der Waals surface area contributed by atoms with E-state index in [-0.39, 0.29) is 5.97 Å². The zero-order valence-electron chi connectivity index (χ0n) is 13.4. The number of carbonyl (C=O) groups excluding carboxylic acids is 1. The molecule has 0 bridgehead atoms. The first kappa shape index (κ1) is 17.4. The van der Waals surface area contributed by atoms with Crippen LogP contribution in [0.25, 0.3) is 0 Å². The predicted molar refractivity (Wildman–Crippen MR) is 106 cm³/mol. The van der Waals surface area contributed by atoms with Crippen molar-refractivity contribution in [1.82, 2.24) is 0 Å². The molecule has 1 aliphatic carbocycles. The standard InChI is InChI=1S/C17H17BrN2O2S2/c1-9-8-10(18)6-7-12(9)19-17(23)20-15-14(16(21)22-2)11-4-3-5-13(11)24-15/h6-8H,3-5H2,1-2H3,(H2,19,20,23). The number of hydrogen-bond acceptors (Lipinski definition) is 4. The second kappa shape index (κ2) is 7.21. The van der Waals surface area contributed by atoms with E-state index in [2.05, 4.69) is 26.6 Å². The highest BCUT2D eigenvalue weighted by atomic mass is 79.9. The van der Waals surface area contributed by atoms with E-state index in [0.29, 0.717) is 10.7 Å². The van der Waals surface area contributed by atoms with Gasteiger partial charge in [-0.3, -0.25) is 0 Å². The molecule has 7 heteroatoms. The first-order valence-electron chi connectivity index (χ1n) is 7.56. The fraction of sp³-hybridized carbons (Fsp3) is 0.294. The zero-order chi connectivity index (χ0) is 17.3. The Morgan fingerprint density at radius 2 is 2.12 bits per heavy atom. The molecule has 0 saturated carbocycles. The summed E-state index contributed by atoms with van der Waals surface area (Å²) in [5, 5.41) is 7.59. The summed E-state index contributed by atoms with van der Waals surface area (Å²) in [6.07, 6.45) is 3.02. The van der Waals surface area contributed by atoms with Crippen molar-refractivity contribution in [3.8, 4) is 0 Å². The number of nitrogens with one attached hydrogen (secondary N) is 2. The van der Waals surface area contributed by atoms with Gasteiger partial charge in [0.1, 0.15) is 5.00 Å². The lowest BCUT2D eigenvalue weighted by atomic mass is 10.1. The highest BCUT2D eigenvalue weighted by Crippen LogP contribution is 2.39. The third kappa shape index (κ3) is 3.48. The van der Waals surface area contributed by atoms with Gasteiger partial charge in [-0.25, -0.2) is 4.79 Å². The van der Waals surface area contributed by atoms with Crippen molar-refractivity contribution in [3.63, 3.8) is 0 Å². The number of benzene rings is 1. The summed E-state index contributed by atoms with van der Waals surface area (Å²) in [6.45, 7) is 2.01. The molecule has 3 rings (SSSR count). The number of methoxy groups -OCH3 is 1. The lowest BCUT2D eigenvalue weighted by Crippen LogP contribution is -2.20. The molecule has 2 aromatic rings. The van der Waals surface area contributed by atoms with E-state index in [9.17, 15) is 4.79 Å². The summed E-state index contributed by atoms with van der Waals surface area (Å²) in [4.78, 5) is 13.4. The van der Waals surface area contributed by atoms with E-state index in [1.807, 2.05) is 25.1 Å². The molecule has 0 unspecified atom stereocenters. The fourth-order valence-corrected chi connectivity index (χ4v) is 4.87. The SMILES string of the molecule is COC(=O)c1c(NC(=S)Nc2ccc(Br)cc2C)sc2c1CCC2. The van der Waals surface area contributed by atoms with E-state index in [4.69, 9.17) is 17.0 Å². The van der Waals surface area contributed by atoms with Gasteiger partial charge in [0.2, 0.25) is 0 Å². The van der Waals surface area contributed by atoms with Crippen LogP contribution in [-0.2, 0) is 17.6 Å². The second-order valence-corrected chi connectivity index (χ2v) is 8.02. The molecule has 24 heavy (non-hydrogen) atoms. The van der Waals surface area contributed by atoms with Gasteiger partial charge in [0.05, 0.1) is 12.7 Å². The summed E-state index contributed by atoms with van der Waals surface area (Å²) < 4.78 is 5.97. The van der Waals surface area contributed by atoms with E-state index in [0.717, 1.165) is 45.6 Å². The topological polar surface area (TPSA) is 50.4 Å². The Morgan fingerprint density at radius 1 is 1.33 bits per heavy atom. The molecule has 0 fully saturated rings. The minimum atomic E-state index is -0.306. The van der Waals surface area contributed by atoms with Crippen molar-refractivity contribution >= 4 is 61.3 Å². The Bertz CT molecular complexity index is 817. The van der Waals surface area contributed by atoms with Crippen molar-refractivity contribution in [1.29, 1.82) is 0 Å². The summed E-state index contributed by atoms with van der Waals surface area (Å²) in [6, 6.07) is 5.94. The van der Waals surface area contributed by atoms with Crippen LogP contribution in [0, 0.1) is 6.92 Å². The third-order valence-electron chi connectivity index (χ3n) is 3.97.